The number of halogens is 1. The minimum Gasteiger partial charge on any atom is -0.366 e. The highest BCUT2D eigenvalue weighted by atomic mass is 35.5. The van der Waals surface area contributed by atoms with Gasteiger partial charge >= 0.3 is 0 Å². The highest BCUT2D eigenvalue weighted by Crippen LogP contribution is 2.44. The molecule has 0 bridgehead atoms. The molecule has 2 rings (SSSR count). The number of nitriles is 1. The van der Waals surface area contributed by atoms with Crippen LogP contribution in [0, 0.1) is 23.2 Å². The first-order valence-corrected chi connectivity index (χ1v) is 6.38. The zero-order chi connectivity index (χ0) is 12.5. The van der Waals surface area contributed by atoms with Gasteiger partial charge in [-0.2, -0.15) is 5.26 Å². The number of benzene rings is 1. The van der Waals surface area contributed by atoms with Crippen LogP contribution in [0.15, 0.2) is 24.3 Å². The SMILES string of the molecule is CC(C)C1CC(C#N)(Nc2ccccc2Cl)C1. The predicted octanol–water partition coefficient (Wildman–Crippen LogP) is 4.08. The number of hydrogen-bond donors (Lipinski definition) is 1. The van der Waals surface area contributed by atoms with Crippen molar-refractivity contribution in [1.82, 2.24) is 0 Å². The summed E-state index contributed by atoms with van der Waals surface area (Å²) in [5, 5.41) is 13.3. The average Bonchev–Trinajstić information content (AvgIpc) is 2.25. The van der Waals surface area contributed by atoms with Crippen molar-refractivity contribution in [2.75, 3.05) is 5.32 Å². The summed E-state index contributed by atoms with van der Waals surface area (Å²) in [6.07, 6.45) is 1.82. The van der Waals surface area contributed by atoms with Gasteiger partial charge in [-0.3, -0.25) is 0 Å². The summed E-state index contributed by atoms with van der Waals surface area (Å²) in [7, 11) is 0. The third kappa shape index (κ3) is 2.40. The average molecular weight is 249 g/mol. The highest BCUT2D eigenvalue weighted by molar-refractivity contribution is 6.33. The molecule has 3 heteroatoms. The molecule has 0 saturated heterocycles. The van der Waals surface area contributed by atoms with E-state index in [2.05, 4.69) is 25.2 Å². The Hall–Kier alpha value is -1.20. The Kier molecular flexibility index (Phi) is 3.31. The lowest BCUT2D eigenvalue weighted by Gasteiger charge is -2.45. The summed E-state index contributed by atoms with van der Waals surface area (Å²) < 4.78 is 0. The molecule has 0 spiro atoms. The highest BCUT2D eigenvalue weighted by Gasteiger charge is 2.45. The van der Waals surface area contributed by atoms with Crippen LogP contribution in [0.5, 0.6) is 0 Å². The number of rotatable bonds is 3. The Balaban J connectivity index is 2.09. The van der Waals surface area contributed by atoms with Gasteiger partial charge in [-0.05, 0) is 36.8 Å². The van der Waals surface area contributed by atoms with Crippen LogP contribution in [0.4, 0.5) is 5.69 Å². The van der Waals surface area contributed by atoms with Gasteiger partial charge in [-0.15, -0.1) is 0 Å². The van der Waals surface area contributed by atoms with E-state index in [4.69, 9.17) is 11.6 Å². The topological polar surface area (TPSA) is 35.8 Å². The zero-order valence-electron chi connectivity index (χ0n) is 10.2. The second kappa shape index (κ2) is 4.58. The third-order valence-corrected chi connectivity index (χ3v) is 3.96. The molecule has 90 valence electrons. The number of nitrogens with one attached hydrogen (secondary N) is 1. The zero-order valence-corrected chi connectivity index (χ0v) is 11.0. The summed E-state index contributed by atoms with van der Waals surface area (Å²) >= 11 is 6.10. The fourth-order valence-corrected chi connectivity index (χ4v) is 2.53. The Bertz CT molecular complexity index is 442. The van der Waals surface area contributed by atoms with E-state index >= 15 is 0 Å². The van der Waals surface area contributed by atoms with Gasteiger partial charge in [0.05, 0.1) is 16.8 Å². The van der Waals surface area contributed by atoms with Crippen molar-refractivity contribution in [3.63, 3.8) is 0 Å². The fraction of sp³-hybridized carbons (Fsp3) is 0.500. The van der Waals surface area contributed by atoms with Crippen LogP contribution < -0.4 is 5.32 Å². The Morgan fingerprint density at radius 1 is 1.41 bits per heavy atom. The summed E-state index contributed by atoms with van der Waals surface area (Å²) in [6.45, 7) is 4.42. The summed E-state index contributed by atoms with van der Waals surface area (Å²) in [5.74, 6) is 1.29. The third-order valence-electron chi connectivity index (χ3n) is 3.63. The molecule has 2 nitrogen and oxygen atoms in total. The van der Waals surface area contributed by atoms with E-state index in [1.54, 1.807) is 0 Å². The Morgan fingerprint density at radius 2 is 2.06 bits per heavy atom. The Labute approximate surface area is 108 Å². The first-order valence-electron chi connectivity index (χ1n) is 6.00. The molecule has 0 amide bonds. The van der Waals surface area contributed by atoms with Gasteiger partial charge in [0, 0.05) is 0 Å². The van der Waals surface area contributed by atoms with Gasteiger partial charge in [0.15, 0.2) is 0 Å². The monoisotopic (exact) mass is 248 g/mol. The smallest absolute Gasteiger partial charge is 0.125 e. The maximum Gasteiger partial charge on any atom is 0.125 e. The van der Waals surface area contributed by atoms with E-state index in [0.717, 1.165) is 18.5 Å². The van der Waals surface area contributed by atoms with Gasteiger partial charge in [0.25, 0.3) is 0 Å². The number of nitrogens with zero attached hydrogens (tertiary/aromatic N) is 1. The number of para-hydroxylation sites is 1. The molecule has 0 heterocycles. The molecule has 1 aromatic carbocycles. The molecule has 0 unspecified atom stereocenters. The van der Waals surface area contributed by atoms with Gasteiger partial charge in [-0.1, -0.05) is 37.6 Å². The lowest BCUT2D eigenvalue weighted by molar-refractivity contribution is 0.165. The summed E-state index contributed by atoms with van der Waals surface area (Å²) in [4.78, 5) is 0. The Morgan fingerprint density at radius 3 is 2.59 bits per heavy atom. The molecular weight excluding hydrogens is 232 g/mol. The molecular formula is C14H17ClN2. The van der Waals surface area contributed by atoms with Gasteiger partial charge in [0.1, 0.15) is 5.54 Å². The fourth-order valence-electron chi connectivity index (χ4n) is 2.35. The van der Waals surface area contributed by atoms with Crippen molar-refractivity contribution in [1.29, 1.82) is 5.26 Å². The molecule has 0 aromatic heterocycles. The van der Waals surface area contributed by atoms with Gasteiger partial charge in [-0.25, -0.2) is 0 Å². The van der Waals surface area contributed by atoms with E-state index in [1.165, 1.54) is 0 Å². The maximum atomic E-state index is 9.33. The van der Waals surface area contributed by atoms with Crippen LogP contribution in [0.1, 0.15) is 26.7 Å². The van der Waals surface area contributed by atoms with Crippen LogP contribution in [-0.2, 0) is 0 Å². The second-order valence-electron chi connectivity index (χ2n) is 5.21. The molecule has 0 radical (unpaired) electrons. The van der Waals surface area contributed by atoms with Crippen molar-refractivity contribution < 1.29 is 0 Å². The molecule has 1 aliphatic rings. The van der Waals surface area contributed by atoms with Crippen LogP contribution >= 0.6 is 11.6 Å². The van der Waals surface area contributed by atoms with Crippen molar-refractivity contribution >= 4 is 17.3 Å². The second-order valence-corrected chi connectivity index (χ2v) is 5.62. The van der Waals surface area contributed by atoms with E-state index in [0.29, 0.717) is 16.9 Å². The minimum absolute atomic E-state index is 0.417. The normalized spacial score (nSPS) is 27.4. The number of hydrogen-bond acceptors (Lipinski definition) is 2. The quantitative estimate of drug-likeness (QED) is 0.875. The predicted molar refractivity (Wildman–Crippen MR) is 71.0 cm³/mol. The lowest BCUT2D eigenvalue weighted by Crippen LogP contribution is -2.50. The number of anilines is 1. The largest absolute Gasteiger partial charge is 0.366 e. The van der Waals surface area contributed by atoms with Crippen LogP contribution in [-0.4, -0.2) is 5.54 Å². The molecule has 1 saturated carbocycles. The van der Waals surface area contributed by atoms with Crippen molar-refractivity contribution in [2.45, 2.75) is 32.2 Å². The van der Waals surface area contributed by atoms with Crippen LogP contribution in [0.3, 0.4) is 0 Å². The molecule has 17 heavy (non-hydrogen) atoms. The summed E-state index contributed by atoms with van der Waals surface area (Å²) in [5.41, 5.74) is 0.442. The van der Waals surface area contributed by atoms with Crippen LogP contribution in [0.2, 0.25) is 5.02 Å². The van der Waals surface area contributed by atoms with Crippen molar-refractivity contribution in [3.8, 4) is 6.07 Å². The van der Waals surface area contributed by atoms with Crippen molar-refractivity contribution in [2.24, 2.45) is 11.8 Å². The lowest BCUT2D eigenvalue weighted by atomic mass is 9.64. The van der Waals surface area contributed by atoms with Crippen LogP contribution in [0.25, 0.3) is 0 Å². The first kappa shape index (κ1) is 12.3. The van der Waals surface area contributed by atoms with E-state index in [9.17, 15) is 5.26 Å². The maximum absolute atomic E-state index is 9.33. The first-order chi connectivity index (χ1) is 8.06. The van der Waals surface area contributed by atoms with Gasteiger partial charge in [0.2, 0.25) is 0 Å². The molecule has 1 aliphatic carbocycles. The van der Waals surface area contributed by atoms with E-state index < -0.39 is 5.54 Å². The molecule has 1 N–H and O–H groups in total. The van der Waals surface area contributed by atoms with E-state index in [-0.39, 0.29) is 0 Å². The molecule has 1 aromatic rings. The summed E-state index contributed by atoms with van der Waals surface area (Å²) in [6, 6.07) is 9.99. The van der Waals surface area contributed by atoms with Gasteiger partial charge < -0.3 is 5.32 Å². The van der Waals surface area contributed by atoms with E-state index in [1.807, 2.05) is 24.3 Å². The van der Waals surface area contributed by atoms with Crippen molar-refractivity contribution in [3.05, 3.63) is 29.3 Å². The standard InChI is InChI=1S/C14H17ClN2/c1-10(2)11-7-14(8-11,9-16)17-13-6-4-3-5-12(13)15/h3-6,10-11,17H,7-8H2,1-2H3. The molecule has 1 fully saturated rings. The minimum atomic E-state index is -0.417. The molecule has 0 atom stereocenters. The molecule has 0 aliphatic heterocycles.